The predicted octanol–water partition coefficient (Wildman–Crippen LogP) is 0.560. The van der Waals surface area contributed by atoms with Gasteiger partial charge in [-0.15, -0.1) is 0 Å². The van der Waals surface area contributed by atoms with Crippen LogP contribution in [0.2, 0.25) is 0 Å². The van der Waals surface area contributed by atoms with E-state index in [-0.39, 0.29) is 6.61 Å². The van der Waals surface area contributed by atoms with Gasteiger partial charge in [0.2, 0.25) is 6.10 Å². The summed E-state index contributed by atoms with van der Waals surface area (Å²) < 4.78 is 10.9. The van der Waals surface area contributed by atoms with Crippen LogP contribution < -0.4 is 14.8 Å². The summed E-state index contributed by atoms with van der Waals surface area (Å²) in [5.74, 6) is -0.368. The summed E-state index contributed by atoms with van der Waals surface area (Å²) in [4.78, 5) is 23.0. The van der Waals surface area contributed by atoms with Crippen LogP contribution in [0.4, 0.5) is 0 Å². The number of para-hydroxylation sites is 2. The van der Waals surface area contributed by atoms with Crippen molar-refractivity contribution in [3.05, 3.63) is 24.3 Å². The molecule has 100 valence electrons. The largest absolute Gasteiger partial charge is 0.485 e. The molecule has 6 heteroatoms. The number of fused-ring (bicyclic) bond motifs is 1. The summed E-state index contributed by atoms with van der Waals surface area (Å²) in [6.07, 6.45) is 0.1000. The number of amides is 1. The van der Waals surface area contributed by atoms with Crippen molar-refractivity contribution in [1.29, 1.82) is 0 Å². The fourth-order valence-electron chi connectivity index (χ4n) is 1.98. The van der Waals surface area contributed by atoms with Gasteiger partial charge in [-0.2, -0.15) is 0 Å². The molecule has 0 saturated heterocycles. The molecular formula is C13H13NO5. The molecule has 1 atom stereocenters. The third kappa shape index (κ3) is 2.09. The fraction of sp³-hybridized carbons (Fsp3) is 0.385. The molecule has 1 aromatic carbocycles. The molecule has 1 unspecified atom stereocenters. The first-order valence-electron chi connectivity index (χ1n) is 6.05. The quantitative estimate of drug-likeness (QED) is 0.832. The Bertz CT molecular complexity index is 538. The second-order valence-corrected chi connectivity index (χ2v) is 4.74. The Morgan fingerprint density at radius 2 is 1.95 bits per heavy atom. The summed E-state index contributed by atoms with van der Waals surface area (Å²) >= 11 is 0. The first-order chi connectivity index (χ1) is 9.11. The molecule has 1 heterocycles. The molecular weight excluding hydrogens is 250 g/mol. The van der Waals surface area contributed by atoms with Crippen LogP contribution in [0.5, 0.6) is 11.5 Å². The van der Waals surface area contributed by atoms with Gasteiger partial charge in [0.25, 0.3) is 5.91 Å². The number of nitrogens with one attached hydrogen (secondary N) is 1. The van der Waals surface area contributed by atoms with Crippen LogP contribution in [0, 0.1) is 0 Å². The van der Waals surface area contributed by atoms with Gasteiger partial charge in [-0.05, 0) is 25.0 Å². The summed E-state index contributed by atoms with van der Waals surface area (Å²) in [6, 6.07) is 7.05. The van der Waals surface area contributed by atoms with Crippen molar-refractivity contribution < 1.29 is 24.2 Å². The molecule has 1 fully saturated rings. The molecule has 0 radical (unpaired) electrons. The normalized spacial score (nSPS) is 22.4. The Balaban J connectivity index is 1.68. The van der Waals surface area contributed by atoms with Crippen LogP contribution >= 0.6 is 0 Å². The Kier molecular flexibility index (Phi) is 2.58. The Hall–Kier alpha value is -2.24. The molecule has 19 heavy (non-hydrogen) atoms. The van der Waals surface area contributed by atoms with Gasteiger partial charge in [-0.25, -0.2) is 4.79 Å². The molecule has 1 aliphatic heterocycles. The molecule has 3 rings (SSSR count). The zero-order valence-corrected chi connectivity index (χ0v) is 10.1. The van der Waals surface area contributed by atoms with Crippen LogP contribution in [0.1, 0.15) is 12.8 Å². The number of rotatable bonds is 3. The second kappa shape index (κ2) is 4.15. The summed E-state index contributed by atoms with van der Waals surface area (Å²) in [5.41, 5.74) is -1.10. The highest BCUT2D eigenvalue weighted by molar-refractivity contribution is 5.91. The molecule has 0 spiro atoms. The number of aliphatic carboxylic acids is 1. The minimum atomic E-state index is -1.10. The van der Waals surface area contributed by atoms with E-state index >= 15 is 0 Å². The van der Waals surface area contributed by atoms with Gasteiger partial charge in [0.05, 0.1) is 0 Å². The van der Waals surface area contributed by atoms with E-state index in [2.05, 4.69) is 5.32 Å². The van der Waals surface area contributed by atoms with Crippen molar-refractivity contribution in [2.45, 2.75) is 24.5 Å². The van der Waals surface area contributed by atoms with Crippen molar-refractivity contribution in [1.82, 2.24) is 5.32 Å². The molecule has 1 saturated carbocycles. The monoisotopic (exact) mass is 263 g/mol. The zero-order chi connectivity index (χ0) is 13.5. The maximum absolute atomic E-state index is 12.0. The lowest BCUT2D eigenvalue weighted by Gasteiger charge is -2.26. The third-order valence-electron chi connectivity index (χ3n) is 3.32. The topological polar surface area (TPSA) is 84.9 Å². The van der Waals surface area contributed by atoms with E-state index in [1.54, 1.807) is 18.2 Å². The van der Waals surface area contributed by atoms with E-state index in [0.29, 0.717) is 24.3 Å². The van der Waals surface area contributed by atoms with E-state index < -0.39 is 23.5 Å². The minimum Gasteiger partial charge on any atom is -0.485 e. The molecule has 1 aromatic rings. The van der Waals surface area contributed by atoms with Crippen LogP contribution in [-0.4, -0.2) is 35.2 Å². The van der Waals surface area contributed by atoms with Crippen LogP contribution in [0.25, 0.3) is 0 Å². The van der Waals surface area contributed by atoms with E-state index in [1.807, 2.05) is 6.07 Å². The number of carboxylic acids is 1. The first-order valence-corrected chi connectivity index (χ1v) is 6.05. The molecule has 0 aromatic heterocycles. The summed E-state index contributed by atoms with van der Waals surface area (Å²) in [5, 5.41) is 11.5. The van der Waals surface area contributed by atoms with Gasteiger partial charge in [0.15, 0.2) is 11.5 Å². The second-order valence-electron chi connectivity index (χ2n) is 4.74. The van der Waals surface area contributed by atoms with Gasteiger partial charge in [0, 0.05) is 0 Å². The number of carbonyl (C=O) groups excluding carboxylic acids is 1. The van der Waals surface area contributed by atoms with Gasteiger partial charge >= 0.3 is 5.97 Å². The number of carboxylic acid groups (broad SMARTS) is 1. The van der Waals surface area contributed by atoms with Crippen molar-refractivity contribution in [3.8, 4) is 11.5 Å². The Labute approximate surface area is 109 Å². The van der Waals surface area contributed by atoms with Crippen LogP contribution in [0.3, 0.4) is 0 Å². The Morgan fingerprint density at radius 3 is 2.58 bits per heavy atom. The molecule has 0 bridgehead atoms. The number of carbonyl (C=O) groups is 2. The average molecular weight is 263 g/mol. The molecule has 2 N–H and O–H groups in total. The number of hydrogen-bond donors (Lipinski definition) is 2. The lowest BCUT2D eigenvalue weighted by atomic mass is 10.2. The smallest absolute Gasteiger partial charge is 0.329 e. The third-order valence-corrected chi connectivity index (χ3v) is 3.32. The van der Waals surface area contributed by atoms with Gasteiger partial charge in [-0.3, -0.25) is 4.79 Å². The van der Waals surface area contributed by atoms with Crippen molar-refractivity contribution >= 4 is 11.9 Å². The molecule has 1 amide bonds. The van der Waals surface area contributed by atoms with E-state index in [0.717, 1.165) is 0 Å². The summed E-state index contributed by atoms with van der Waals surface area (Å²) in [6.45, 7) is 0.0819. The van der Waals surface area contributed by atoms with E-state index in [4.69, 9.17) is 14.6 Å². The van der Waals surface area contributed by atoms with Crippen molar-refractivity contribution in [2.75, 3.05) is 6.61 Å². The number of benzene rings is 1. The van der Waals surface area contributed by atoms with Crippen molar-refractivity contribution in [2.24, 2.45) is 0 Å². The summed E-state index contributed by atoms with van der Waals surface area (Å²) in [7, 11) is 0. The lowest BCUT2D eigenvalue weighted by Crippen LogP contribution is -2.51. The van der Waals surface area contributed by atoms with E-state index in [9.17, 15) is 9.59 Å². The molecule has 2 aliphatic rings. The maximum atomic E-state index is 12.0. The highest BCUT2D eigenvalue weighted by Crippen LogP contribution is 2.36. The highest BCUT2D eigenvalue weighted by atomic mass is 16.6. The van der Waals surface area contributed by atoms with Gasteiger partial charge in [-0.1, -0.05) is 12.1 Å². The first kappa shape index (κ1) is 11.8. The average Bonchev–Trinajstić information content (AvgIpc) is 3.19. The Morgan fingerprint density at radius 1 is 1.26 bits per heavy atom. The number of ether oxygens (including phenoxy) is 2. The maximum Gasteiger partial charge on any atom is 0.329 e. The van der Waals surface area contributed by atoms with Crippen LogP contribution in [0.15, 0.2) is 24.3 Å². The van der Waals surface area contributed by atoms with E-state index in [1.165, 1.54) is 0 Å². The van der Waals surface area contributed by atoms with Crippen molar-refractivity contribution in [3.63, 3.8) is 0 Å². The highest BCUT2D eigenvalue weighted by Gasteiger charge is 2.52. The lowest BCUT2D eigenvalue weighted by molar-refractivity contribution is -0.145. The fourth-order valence-corrected chi connectivity index (χ4v) is 1.98. The van der Waals surface area contributed by atoms with Crippen LogP contribution in [-0.2, 0) is 9.59 Å². The van der Waals surface area contributed by atoms with Gasteiger partial charge < -0.3 is 19.9 Å². The molecule has 1 aliphatic carbocycles. The standard InChI is InChI=1S/C13H13NO5/c15-11(14-13(5-6-13)12(16)17)10-7-18-8-3-1-2-4-9(8)19-10/h1-4,10H,5-7H2,(H,14,15)(H,16,17). The molecule has 6 nitrogen and oxygen atoms in total. The predicted molar refractivity (Wildman–Crippen MR) is 64.1 cm³/mol. The minimum absolute atomic E-state index is 0.0819. The van der Waals surface area contributed by atoms with Gasteiger partial charge in [0.1, 0.15) is 12.1 Å². The zero-order valence-electron chi connectivity index (χ0n) is 10.1. The number of hydrogen-bond acceptors (Lipinski definition) is 4. The SMILES string of the molecule is O=C(NC1(C(=O)O)CC1)C1COc2ccccc2O1.